The molecule has 0 bridgehead atoms. The van der Waals surface area contributed by atoms with Gasteiger partial charge in [-0.25, -0.2) is 0 Å². The van der Waals surface area contributed by atoms with E-state index >= 15 is 0 Å². The topological polar surface area (TPSA) is 3.24 Å². The van der Waals surface area contributed by atoms with Crippen LogP contribution < -0.4 is 0 Å². The van der Waals surface area contributed by atoms with E-state index in [0.29, 0.717) is 0 Å². The summed E-state index contributed by atoms with van der Waals surface area (Å²) in [6.07, 6.45) is 8.52. The fraction of sp³-hybridized carbons (Fsp3) is 1.00. The summed E-state index contributed by atoms with van der Waals surface area (Å²) in [7, 11) is 0. The smallest absolute Gasteiger partial charge is 0.00694 e. The number of nitrogens with zero attached hydrogens (tertiary/aromatic N) is 1. The summed E-state index contributed by atoms with van der Waals surface area (Å²) in [5, 5.41) is 0. The van der Waals surface area contributed by atoms with Gasteiger partial charge in [0.15, 0.2) is 0 Å². The quantitative estimate of drug-likeness (QED) is 0.647. The molecule has 0 aromatic heterocycles. The fourth-order valence-corrected chi connectivity index (χ4v) is 3.27. The Morgan fingerprint density at radius 1 is 0.778 bits per heavy atom. The van der Waals surface area contributed by atoms with Gasteiger partial charge in [0, 0.05) is 6.04 Å². The maximum atomic E-state index is 2.74. The first-order chi connectivity index (χ1) is 8.50. The van der Waals surface area contributed by atoms with Crippen LogP contribution in [0, 0.1) is 17.8 Å². The van der Waals surface area contributed by atoms with Crippen molar-refractivity contribution >= 4 is 0 Å². The van der Waals surface area contributed by atoms with Gasteiger partial charge in [0.1, 0.15) is 0 Å². The molecule has 0 spiro atoms. The van der Waals surface area contributed by atoms with Crippen LogP contribution in [0.4, 0.5) is 0 Å². The van der Waals surface area contributed by atoms with Crippen LogP contribution in [0.3, 0.4) is 0 Å². The summed E-state index contributed by atoms with van der Waals surface area (Å²) in [6.45, 7) is 14.7. The van der Waals surface area contributed by atoms with Crippen LogP contribution in [0.15, 0.2) is 0 Å². The highest BCUT2D eigenvalue weighted by atomic mass is 15.1. The van der Waals surface area contributed by atoms with E-state index in [1.807, 2.05) is 0 Å². The highest BCUT2D eigenvalue weighted by Gasteiger charge is 2.19. The Balaban J connectivity index is 2.31. The van der Waals surface area contributed by atoms with Crippen molar-refractivity contribution in [2.45, 2.75) is 79.2 Å². The van der Waals surface area contributed by atoms with E-state index in [9.17, 15) is 0 Å². The second kappa shape index (κ2) is 8.19. The molecule has 3 unspecified atom stereocenters. The van der Waals surface area contributed by atoms with E-state index in [4.69, 9.17) is 0 Å². The minimum Gasteiger partial charge on any atom is -0.301 e. The lowest BCUT2D eigenvalue weighted by Gasteiger charge is -2.30. The lowest BCUT2D eigenvalue weighted by molar-refractivity contribution is 0.179. The van der Waals surface area contributed by atoms with E-state index in [1.54, 1.807) is 0 Å². The molecule has 1 nitrogen and oxygen atoms in total. The molecular weight excluding hydrogens is 218 g/mol. The minimum atomic E-state index is 0.789. The lowest BCUT2D eigenvalue weighted by Crippen LogP contribution is -2.35. The molecule has 108 valence electrons. The molecular formula is C17H35N. The largest absolute Gasteiger partial charge is 0.301 e. The highest BCUT2D eigenvalue weighted by Crippen LogP contribution is 2.24. The van der Waals surface area contributed by atoms with Gasteiger partial charge in [-0.2, -0.15) is 0 Å². The number of hydrogen-bond donors (Lipinski definition) is 0. The molecule has 0 aromatic rings. The Kier molecular flexibility index (Phi) is 7.29. The maximum absolute atomic E-state index is 2.74. The van der Waals surface area contributed by atoms with Crippen LogP contribution in [0.2, 0.25) is 0 Å². The Labute approximate surface area is 115 Å². The van der Waals surface area contributed by atoms with Crippen molar-refractivity contribution < 1.29 is 0 Å². The van der Waals surface area contributed by atoms with Crippen LogP contribution in [-0.2, 0) is 0 Å². The average molecular weight is 253 g/mol. The van der Waals surface area contributed by atoms with Gasteiger partial charge in [-0.15, -0.1) is 0 Å². The van der Waals surface area contributed by atoms with Gasteiger partial charge >= 0.3 is 0 Å². The molecule has 1 heteroatoms. The SMILES string of the molecule is CC(CC(C)C(C)C)CC(C)N1CCCCCC1. The van der Waals surface area contributed by atoms with E-state index in [2.05, 4.69) is 39.5 Å². The molecule has 3 atom stereocenters. The molecule has 0 aromatic carbocycles. The number of hydrogen-bond acceptors (Lipinski definition) is 1. The van der Waals surface area contributed by atoms with Crippen molar-refractivity contribution in [3.05, 3.63) is 0 Å². The Hall–Kier alpha value is -0.0400. The summed E-state index contributed by atoms with van der Waals surface area (Å²) in [4.78, 5) is 2.74. The van der Waals surface area contributed by atoms with E-state index in [0.717, 1.165) is 23.8 Å². The molecule has 0 saturated carbocycles. The van der Waals surface area contributed by atoms with Crippen LogP contribution in [0.1, 0.15) is 73.1 Å². The third kappa shape index (κ3) is 5.73. The van der Waals surface area contributed by atoms with Crippen LogP contribution in [-0.4, -0.2) is 24.0 Å². The standard InChI is InChI=1S/C17H35N/c1-14(2)16(4)12-15(3)13-17(5)18-10-8-6-7-9-11-18/h14-17H,6-13H2,1-5H3. The predicted octanol–water partition coefficient (Wildman–Crippen LogP) is 4.96. The van der Waals surface area contributed by atoms with E-state index < -0.39 is 0 Å². The van der Waals surface area contributed by atoms with Crippen LogP contribution in [0.25, 0.3) is 0 Å². The van der Waals surface area contributed by atoms with Crippen molar-refractivity contribution in [3.8, 4) is 0 Å². The van der Waals surface area contributed by atoms with E-state index in [1.165, 1.54) is 51.6 Å². The predicted molar refractivity (Wildman–Crippen MR) is 81.9 cm³/mol. The molecule has 0 N–H and O–H groups in total. The summed E-state index contributed by atoms with van der Waals surface area (Å²) in [6, 6.07) is 0.789. The van der Waals surface area contributed by atoms with Gasteiger partial charge < -0.3 is 4.90 Å². The van der Waals surface area contributed by atoms with Crippen molar-refractivity contribution in [1.29, 1.82) is 0 Å². The summed E-state index contributed by atoms with van der Waals surface area (Å²) in [5.74, 6) is 2.58. The highest BCUT2D eigenvalue weighted by molar-refractivity contribution is 4.74. The maximum Gasteiger partial charge on any atom is 0.00694 e. The molecule has 0 radical (unpaired) electrons. The van der Waals surface area contributed by atoms with Gasteiger partial charge in [-0.3, -0.25) is 0 Å². The molecule has 1 aliphatic rings. The summed E-state index contributed by atoms with van der Waals surface area (Å²) >= 11 is 0. The van der Waals surface area contributed by atoms with Crippen LogP contribution in [0.5, 0.6) is 0 Å². The second-order valence-corrected chi connectivity index (χ2v) is 7.10. The van der Waals surface area contributed by atoms with Crippen molar-refractivity contribution in [2.24, 2.45) is 17.8 Å². The Morgan fingerprint density at radius 3 is 1.83 bits per heavy atom. The van der Waals surface area contributed by atoms with Crippen molar-refractivity contribution in [1.82, 2.24) is 4.90 Å². The van der Waals surface area contributed by atoms with Gasteiger partial charge in [-0.1, -0.05) is 40.5 Å². The zero-order valence-corrected chi connectivity index (χ0v) is 13.4. The fourth-order valence-electron chi connectivity index (χ4n) is 3.27. The van der Waals surface area contributed by atoms with Gasteiger partial charge in [-0.05, 0) is 63.5 Å². The Morgan fingerprint density at radius 2 is 1.33 bits per heavy atom. The zero-order valence-electron chi connectivity index (χ0n) is 13.4. The monoisotopic (exact) mass is 253 g/mol. The molecule has 1 saturated heterocycles. The molecule has 1 heterocycles. The van der Waals surface area contributed by atoms with E-state index in [-0.39, 0.29) is 0 Å². The van der Waals surface area contributed by atoms with Gasteiger partial charge in [0.05, 0.1) is 0 Å². The average Bonchev–Trinajstić information content (AvgIpc) is 2.56. The normalized spacial score (nSPS) is 23.7. The first-order valence-electron chi connectivity index (χ1n) is 8.24. The van der Waals surface area contributed by atoms with Crippen molar-refractivity contribution in [2.75, 3.05) is 13.1 Å². The molecule has 1 fully saturated rings. The van der Waals surface area contributed by atoms with Crippen LogP contribution >= 0.6 is 0 Å². The third-order valence-corrected chi connectivity index (χ3v) is 4.92. The first-order valence-corrected chi connectivity index (χ1v) is 8.24. The summed E-state index contributed by atoms with van der Waals surface area (Å²) in [5.41, 5.74) is 0. The lowest BCUT2D eigenvalue weighted by atomic mass is 9.86. The van der Waals surface area contributed by atoms with Crippen molar-refractivity contribution in [3.63, 3.8) is 0 Å². The summed E-state index contributed by atoms with van der Waals surface area (Å²) < 4.78 is 0. The molecule has 1 rings (SSSR count). The molecule has 18 heavy (non-hydrogen) atoms. The second-order valence-electron chi connectivity index (χ2n) is 7.10. The zero-order chi connectivity index (χ0) is 13.5. The van der Waals surface area contributed by atoms with Gasteiger partial charge in [0.2, 0.25) is 0 Å². The Bertz CT molecular complexity index is 204. The number of likely N-dealkylation sites (tertiary alicyclic amines) is 1. The van der Waals surface area contributed by atoms with Gasteiger partial charge in [0.25, 0.3) is 0 Å². The minimum absolute atomic E-state index is 0.789. The third-order valence-electron chi connectivity index (χ3n) is 4.92. The number of rotatable bonds is 6. The molecule has 1 aliphatic heterocycles. The first kappa shape index (κ1) is 16.0. The molecule has 0 aliphatic carbocycles. The molecule has 0 amide bonds.